The summed E-state index contributed by atoms with van der Waals surface area (Å²) < 4.78 is 0. The van der Waals surface area contributed by atoms with Gasteiger partial charge in [0.2, 0.25) is 0 Å². The van der Waals surface area contributed by atoms with Gasteiger partial charge in [0.15, 0.2) is 0 Å². The third kappa shape index (κ3) is 3.26. The summed E-state index contributed by atoms with van der Waals surface area (Å²) in [5, 5.41) is 0. The Labute approximate surface area is 87.4 Å². The van der Waals surface area contributed by atoms with E-state index < -0.39 is 0 Å². The highest BCUT2D eigenvalue weighted by molar-refractivity contribution is 5.41. The van der Waals surface area contributed by atoms with Gasteiger partial charge in [-0.2, -0.15) is 0 Å². The molecule has 0 aliphatic heterocycles. The van der Waals surface area contributed by atoms with Crippen LogP contribution >= 0.6 is 0 Å². The number of benzene rings is 1. The molecule has 0 heterocycles. The summed E-state index contributed by atoms with van der Waals surface area (Å²) in [4.78, 5) is 0. The molecule has 1 aromatic carbocycles. The fraction of sp³-hybridized carbons (Fsp3) is 0.429. The van der Waals surface area contributed by atoms with Gasteiger partial charge in [-0.15, -0.1) is 0 Å². The summed E-state index contributed by atoms with van der Waals surface area (Å²) in [6.07, 6.45) is 4.53. The van der Waals surface area contributed by atoms with E-state index >= 15 is 0 Å². The van der Waals surface area contributed by atoms with Crippen molar-refractivity contribution in [2.75, 3.05) is 0 Å². The van der Waals surface area contributed by atoms with E-state index in [1.54, 1.807) is 0 Å². The molecule has 1 aromatic rings. The number of rotatable bonds is 3. The standard InChI is InChI=1S/C14H18/c1-3-5-6-7-11-14-12-9-8-10-13(14)4-2/h8-10,12H,3-6H2,1-2H3. The van der Waals surface area contributed by atoms with Gasteiger partial charge in [0.1, 0.15) is 0 Å². The van der Waals surface area contributed by atoms with Crippen LogP contribution in [0.2, 0.25) is 0 Å². The molecule has 0 saturated carbocycles. The van der Waals surface area contributed by atoms with Crippen molar-refractivity contribution in [3.8, 4) is 11.8 Å². The molecule has 0 bridgehead atoms. The second-order valence-corrected chi connectivity index (χ2v) is 3.42. The average molecular weight is 186 g/mol. The highest BCUT2D eigenvalue weighted by Gasteiger charge is 1.93. The van der Waals surface area contributed by atoms with Crippen LogP contribution in [0.15, 0.2) is 24.3 Å². The second-order valence-electron chi connectivity index (χ2n) is 3.42. The first-order chi connectivity index (χ1) is 6.88. The van der Waals surface area contributed by atoms with Crippen LogP contribution < -0.4 is 0 Å². The first-order valence-corrected chi connectivity index (χ1v) is 5.45. The van der Waals surface area contributed by atoms with Gasteiger partial charge in [-0.3, -0.25) is 0 Å². The van der Waals surface area contributed by atoms with Crippen LogP contribution in [0.1, 0.15) is 44.2 Å². The molecular formula is C14H18. The van der Waals surface area contributed by atoms with E-state index in [0.717, 1.165) is 12.8 Å². The molecule has 14 heavy (non-hydrogen) atoms. The summed E-state index contributed by atoms with van der Waals surface area (Å²) in [6, 6.07) is 8.40. The summed E-state index contributed by atoms with van der Waals surface area (Å²) in [6.45, 7) is 4.37. The molecule has 0 amide bonds. The highest BCUT2D eigenvalue weighted by atomic mass is 14.0. The minimum Gasteiger partial charge on any atom is -0.0979 e. The van der Waals surface area contributed by atoms with Crippen LogP contribution in [-0.2, 0) is 6.42 Å². The van der Waals surface area contributed by atoms with E-state index in [0.29, 0.717) is 0 Å². The fourth-order valence-corrected chi connectivity index (χ4v) is 1.37. The molecule has 0 radical (unpaired) electrons. The molecule has 1 rings (SSSR count). The van der Waals surface area contributed by atoms with Crippen molar-refractivity contribution in [3.63, 3.8) is 0 Å². The monoisotopic (exact) mass is 186 g/mol. The van der Waals surface area contributed by atoms with E-state index in [1.165, 1.54) is 24.0 Å². The SMILES string of the molecule is CCCCC#Cc1ccccc1CC. The Morgan fingerprint density at radius 1 is 1.14 bits per heavy atom. The maximum absolute atomic E-state index is 3.25. The third-order valence-electron chi connectivity index (χ3n) is 2.28. The predicted octanol–water partition coefficient (Wildman–Crippen LogP) is 3.79. The van der Waals surface area contributed by atoms with Gasteiger partial charge in [0.25, 0.3) is 0 Å². The third-order valence-corrected chi connectivity index (χ3v) is 2.28. The number of unbranched alkanes of at least 4 members (excludes halogenated alkanes) is 2. The predicted molar refractivity (Wildman–Crippen MR) is 62.2 cm³/mol. The molecule has 0 saturated heterocycles. The molecule has 0 heteroatoms. The minimum absolute atomic E-state index is 1.02. The van der Waals surface area contributed by atoms with Crippen LogP contribution in [0.5, 0.6) is 0 Å². The number of aryl methyl sites for hydroxylation is 1. The molecular weight excluding hydrogens is 168 g/mol. The van der Waals surface area contributed by atoms with Gasteiger partial charge in [-0.05, 0) is 24.5 Å². The molecule has 0 aliphatic rings. The van der Waals surface area contributed by atoms with Crippen LogP contribution in [-0.4, -0.2) is 0 Å². The molecule has 0 N–H and O–H groups in total. The Morgan fingerprint density at radius 3 is 2.64 bits per heavy atom. The topological polar surface area (TPSA) is 0 Å². The molecule has 0 nitrogen and oxygen atoms in total. The summed E-state index contributed by atoms with van der Waals surface area (Å²) in [5.74, 6) is 6.48. The number of hydrogen-bond donors (Lipinski definition) is 0. The van der Waals surface area contributed by atoms with E-state index in [-0.39, 0.29) is 0 Å². The molecule has 0 atom stereocenters. The minimum atomic E-state index is 1.02. The summed E-state index contributed by atoms with van der Waals surface area (Å²) in [7, 11) is 0. The van der Waals surface area contributed by atoms with Gasteiger partial charge in [-0.1, -0.05) is 50.3 Å². The molecule has 0 aromatic heterocycles. The van der Waals surface area contributed by atoms with Crippen molar-refractivity contribution in [1.29, 1.82) is 0 Å². The van der Waals surface area contributed by atoms with Crippen molar-refractivity contribution in [3.05, 3.63) is 35.4 Å². The molecule has 0 unspecified atom stereocenters. The maximum Gasteiger partial charge on any atom is 0.0277 e. The Morgan fingerprint density at radius 2 is 1.93 bits per heavy atom. The van der Waals surface area contributed by atoms with E-state index in [4.69, 9.17) is 0 Å². The summed E-state index contributed by atoms with van der Waals surface area (Å²) in [5.41, 5.74) is 2.56. The largest absolute Gasteiger partial charge is 0.0979 e. The van der Waals surface area contributed by atoms with Crippen molar-refractivity contribution >= 4 is 0 Å². The van der Waals surface area contributed by atoms with E-state index in [1.807, 2.05) is 0 Å². The van der Waals surface area contributed by atoms with Crippen LogP contribution in [0.25, 0.3) is 0 Å². The van der Waals surface area contributed by atoms with Gasteiger partial charge < -0.3 is 0 Å². The van der Waals surface area contributed by atoms with Crippen molar-refractivity contribution in [2.24, 2.45) is 0 Å². The van der Waals surface area contributed by atoms with Crippen LogP contribution in [0.4, 0.5) is 0 Å². The highest BCUT2D eigenvalue weighted by Crippen LogP contribution is 2.07. The van der Waals surface area contributed by atoms with Crippen molar-refractivity contribution < 1.29 is 0 Å². The van der Waals surface area contributed by atoms with Crippen molar-refractivity contribution in [2.45, 2.75) is 39.5 Å². The van der Waals surface area contributed by atoms with Gasteiger partial charge >= 0.3 is 0 Å². The maximum atomic E-state index is 3.25. The normalized spacial score (nSPS) is 9.29. The first-order valence-electron chi connectivity index (χ1n) is 5.45. The molecule has 0 fully saturated rings. The lowest BCUT2D eigenvalue weighted by atomic mass is 10.1. The smallest absolute Gasteiger partial charge is 0.0277 e. The van der Waals surface area contributed by atoms with E-state index in [2.05, 4.69) is 50.0 Å². The lowest BCUT2D eigenvalue weighted by molar-refractivity contribution is 0.828. The average Bonchev–Trinajstić information content (AvgIpc) is 2.25. The first kappa shape index (κ1) is 10.9. The van der Waals surface area contributed by atoms with Gasteiger partial charge in [0, 0.05) is 12.0 Å². The van der Waals surface area contributed by atoms with Crippen molar-refractivity contribution in [1.82, 2.24) is 0 Å². The zero-order chi connectivity index (χ0) is 10.2. The number of hydrogen-bond acceptors (Lipinski definition) is 0. The molecule has 0 aliphatic carbocycles. The lowest BCUT2D eigenvalue weighted by Gasteiger charge is -1.98. The lowest BCUT2D eigenvalue weighted by Crippen LogP contribution is -1.85. The Bertz CT molecular complexity index is 325. The zero-order valence-electron chi connectivity index (χ0n) is 9.14. The van der Waals surface area contributed by atoms with Gasteiger partial charge in [-0.25, -0.2) is 0 Å². The zero-order valence-corrected chi connectivity index (χ0v) is 9.14. The van der Waals surface area contributed by atoms with E-state index in [9.17, 15) is 0 Å². The van der Waals surface area contributed by atoms with Crippen LogP contribution in [0.3, 0.4) is 0 Å². The quantitative estimate of drug-likeness (QED) is 0.497. The molecule has 74 valence electrons. The summed E-state index contributed by atoms with van der Waals surface area (Å²) >= 11 is 0. The Balaban J connectivity index is 2.68. The Kier molecular flexibility index (Phi) is 4.86. The second kappa shape index (κ2) is 6.27. The Hall–Kier alpha value is -1.22. The van der Waals surface area contributed by atoms with Gasteiger partial charge in [0.05, 0.1) is 0 Å². The molecule has 0 spiro atoms. The fourth-order valence-electron chi connectivity index (χ4n) is 1.37. The van der Waals surface area contributed by atoms with Crippen LogP contribution in [0, 0.1) is 11.8 Å².